The molecule has 1 amide bonds. The predicted molar refractivity (Wildman–Crippen MR) is 69.7 cm³/mol. The average molecular weight is 499 g/mol. The first-order chi connectivity index (χ1) is 13.4. The molecule has 186 valence electrons. The monoisotopic (exact) mass is 499 g/mol. The maximum absolute atomic E-state index is 13.5. The zero-order valence-corrected chi connectivity index (χ0v) is 14.7. The number of rotatable bonds is 10. The molecule has 0 aromatic rings. The van der Waals surface area contributed by atoms with Crippen molar-refractivity contribution in [1.29, 1.82) is 0 Å². The number of amides is 1. The summed E-state index contributed by atoms with van der Waals surface area (Å²) >= 11 is 0. The molecule has 0 heterocycles. The van der Waals surface area contributed by atoms with E-state index in [1.54, 1.807) is 0 Å². The summed E-state index contributed by atoms with van der Waals surface area (Å²) in [6.07, 6.45) is -9.78. The average Bonchev–Trinajstić information content (AvgIpc) is 2.59. The van der Waals surface area contributed by atoms with Gasteiger partial charge in [-0.1, -0.05) is 6.92 Å². The van der Waals surface area contributed by atoms with Crippen molar-refractivity contribution in [1.82, 2.24) is 5.32 Å². The Bertz CT molecular complexity index is 643. The normalized spacial score (nSPS) is 16.3. The summed E-state index contributed by atoms with van der Waals surface area (Å²) in [4.78, 5) is 11.0. The van der Waals surface area contributed by atoms with Crippen molar-refractivity contribution >= 4 is 5.91 Å². The molecular weight excluding hydrogens is 487 g/mol. The fourth-order valence-corrected chi connectivity index (χ4v) is 1.78. The van der Waals surface area contributed by atoms with E-state index < -0.39 is 66.7 Å². The van der Waals surface area contributed by atoms with Crippen molar-refractivity contribution in [3.05, 3.63) is 0 Å². The molecule has 0 aliphatic carbocycles. The number of nitrogens with one attached hydrogen (secondary N) is 1. The van der Waals surface area contributed by atoms with Gasteiger partial charge in [-0.3, -0.25) is 4.79 Å². The molecule has 3 nitrogen and oxygen atoms in total. The van der Waals surface area contributed by atoms with Gasteiger partial charge in [0, 0.05) is 6.54 Å². The largest absolute Gasteiger partial charge is 0.460 e. The molecule has 0 saturated heterocycles. The minimum Gasteiger partial charge on any atom is -0.393 e. The van der Waals surface area contributed by atoms with Gasteiger partial charge in [0.15, 0.2) is 0 Å². The van der Waals surface area contributed by atoms with E-state index in [-0.39, 0.29) is 6.42 Å². The highest BCUT2D eigenvalue weighted by Gasteiger charge is 2.94. The Morgan fingerprint density at radius 3 is 1.42 bits per heavy atom. The fourth-order valence-electron chi connectivity index (χ4n) is 1.78. The molecule has 0 aromatic heterocycles. The summed E-state index contributed by atoms with van der Waals surface area (Å²) in [7, 11) is 0. The molecule has 31 heavy (non-hydrogen) atoms. The summed E-state index contributed by atoms with van der Waals surface area (Å²) < 4.78 is 194. The molecule has 0 saturated carbocycles. The van der Waals surface area contributed by atoms with Crippen LogP contribution in [0.25, 0.3) is 0 Å². The van der Waals surface area contributed by atoms with Crippen molar-refractivity contribution < 1.29 is 75.8 Å². The summed E-state index contributed by atoms with van der Waals surface area (Å²) in [6.45, 7) is 0.151. The van der Waals surface area contributed by atoms with Gasteiger partial charge in [0.1, 0.15) is 0 Å². The molecule has 0 fully saturated rings. The standard InChI is InChI=1S/C13H12F15NO2/c1-2-5(30)3-4-29-6(31)7(14,15)8(16,17)9(18,19)10(20,21)11(22,23)12(24,25)13(26,27)28/h5,30H,2-4H2,1H3,(H,29,31). The first-order valence-electron chi connectivity index (χ1n) is 7.67. The second-order valence-electron chi connectivity index (χ2n) is 6.05. The second kappa shape index (κ2) is 8.38. The van der Waals surface area contributed by atoms with Crippen LogP contribution in [0.3, 0.4) is 0 Å². The van der Waals surface area contributed by atoms with Crippen molar-refractivity contribution in [2.24, 2.45) is 0 Å². The molecule has 18 heteroatoms. The number of aliphatic hydroxyl groups is 1. The lowest BCUT2D eigenvalue weighted by molar-refractivity contribution is -0.449. The van der Waals surface area contributed by atoms with E-state index in [1.807, 2.05) is 0 Å². The van der Waals surface area contributed by atoms with E-state index in [1.165, 1.54) is 6.92 Å². The lowest BCUT2D eigenvalue weighted by Gasteiger charge is -2.41. The van der Waals surface area contributed by atoms with Crippen LogP contribution in [0.15, 0.2) is 0 Å². The van der Waals surface area contributed by atoms with Crippen molar-refractivity contribution in [2.45, 2.75) is 67.6 Å². The molecule has 0 radical (unpaired) electrons. The highest BCUT2D eigenvalue weighted by Crippen LogP contribution is 2.62. The second-order valence-corrected chi connectivity index (χ2v) is 6.05. The predicted octanol–water partition coefficient (Wildman–Crippen LogP) is 4.64. The smallest absolute Gasteiger partial charge is 0.393 e. The number of hydrogen-bond acceptors (Lipinski definition) is 2. The highest BCUT2D eigenvalue weighted by atomic mass is 19.4. The van der Waals surface area contributed by atoms with E-state index in [0.29, 0.717) is 0 Å². The molecular formula is C13H12F15NO2. The molecule has 0 aromatic carbocycles. The van der Waals surface area contributed by atoms with Gasteiger partial charge in [0.2, 0.25) is 0 Å². The number of alkyl halides is 15. The van der Waals surface area contributed by atoms with Gasteiger partial charge in [0.05, 0.1) is 6.10 Å². The van der Waals surface area contributed by atoms with Crippen LogP contribution in [-0.4, -0.2) is 65.4 Å². The third-order valence-electron chi connectivity index (χ3n) is 3.85. The first kappa shape index (κ1) is 29.4. The highest BCUT2D eigenvalue weighted by molar-refractivity contribution is 5.84. The summed E-state index contributed by atoms with van der Waals surface area (Å²) in [5, 5.41) is 9.84. The van der Waals surface area contributed by atoms with Crippen LogP contribution in [0.2, 0.25) is 0 Å². The van der Waals surface area contributed by atoms with Gasteiger partial charge in [-0.2, -0.15) is 65.9 Å². The van der Waals surface area contributed by atoms with E-state index in [2.05, 4.69) is 0 Å². The topological polar surface area (TPSA) is 49.3 Å². The zero-order chi connectivity index (χ0) is 25.5. The Hall–Kier alpha value is -1.62. The Labute approximate surface area is 162 Å². The Balaban J connectivity index is 6.17. The van der Waals surface area contributed by atoms with Gasteiger partial charge in [-0.05, 0) is 12.8 Å². The maximum Gasteiger partial charge on any atom is 0.460 e. The minimum absolute atomic E-state index is 0.0881. The van der Waals surface area contributed by atoms with E-state index in [9.17, 15) is 70.7 Å². The molecule has 0 aliphatic heterocycles. The fraction of sp³-hybridized carbons (Fsp3) is 0.923. The number of aliphatic hydroxyl groups excluding tert-OH is 1. The lowest BCUT2D eigenvalue weighted by Crippen LogP contribution is -2.74. The summed E-state index contributed by atoms with van der Waals surface area (Å²) in [5.74, 6) is -51.5. The number of carbonyl (C=O) groups is 1. The molecule has 0 aliphatic rings. The van der Waals surface area contributed by atoms with Gasteiger partial charge >= 0.3 is 41.7 Å². The number of halogens is 15. The van der Waals surface area contributed by atoms with Crippen LogP contribution >= 0.6 is 0 Å². The van der Waals surface area contributed by atoms with Crippen LogP contribution < -0.4 is 5.32 Å². The summed E-state index contributed by atoms with van der Waals surface area (Å²) in [6, 6.07) is 0. The van der Waals surface area contributed by atoms with Crippen LogP contribution in [0, 0.1) is 0 Å². The first-order valence-corrected chi connectivity index (χ1v) is 7.67. The molecule has 0 bridgehead atoms. The Morgan fingerprint density at radius 2 is 1.06 bits per heavy atom. The van der Waals surface area contributed by atoms with E-state index in [4.69, 9.17) is 5.11 Å². The van der Waals surface area contributed by atoms with Crippen molar-refractivity contribution in [3.8, 4) is 0 Å². The van der Waals surface area contributed by atoms with Crippen LogP contribution in [0.1, 0.15) is 19.8 Å². The van der Waals surface area contributed by atoms with Crippen LogP contribution in [0.5, 0.6) is 0 Å². The summed E-state index contributed by atoms with van der Waals surface area (Å²) in [5.41, 5.74) is 0. The van der Waals surface area contributed by atoms with Crippen molar-refractivity contribution in [3.63, 3.8) is 0 Å². The third kappa shape index (κ3) is 4.48. The molecule has 1 unspecified atom stereocenters. The van der Waals surface area contributed by atoms with Crippen LogP contribution in [-0.2, 0) is 4.79 Å². The van der Waals surface area contributed by atoms with Gasteiger partial charge in [-0.15, -0.1) is 0 Å². The lowest BCUT2D eigenvalue weighted by atomic mass is 9.91. The third-order valence-corrected chi connectivity index (χ3v) is 3.85. The van der Waals surface area contributed by atoms with E-state index in [0.717, 1.165) is 5.32 Å². The molecule has 0 rings (SSSR count). The zero-order valence-electron chi connectivity index (χ0n) is 14.7. The maximum atomic E-state index is 13.5. The minimum atomic E-state index is -8.44. The number of carbonyl (C=O) groups excluding carboxylic acids is 1. The Kier molecular flexibility index (Phi) is 7.94. The van der Waals surface area contributed by atoms with Crippen molar-refractivity contribution in [2.75, 3.05) is 6.54 Å². The Morgan fingerprint density at radius 1 is 0.710 bits per heavy atom. The quantitative estimate of drug-likeness (QED) is 0.431. The van der Waals surface area contributed by atoms with Gasteiger partial charge in [0.25, 0.3) is 5.91 Å². The molecule has 1 atom stereocenters. The van der Waals surface area contributed by atoms with E-state index >= 15 is 0 Å². The van der Waals surface area contributed by atoms with Crippen LogP contribution in [0.4, 0.5) is 65.9 Å². The van der Waals surface area contributed by atoms with Gasteiger partial charge < -0.3 is 10.4 Å². The SMILES string of the molecule is CCC(O)CCNC(=O)C(F)(F)C(F)(F)C(F)(F)C(F)(F)C(F)(F)C(F)(F)C(F)(F)F. The van der Waals surface area contributed by atoms with Gasteiger partial charge in [-0.25, -0.2) is 0 Å². The molecule has 0 spiro atoms. The molecule has 2 N–H and O–H groups in total. The number of hydrogen-bond donors (Lipinski definition) is 2.